The zero-order chi connectivity index (χ0) is 18.2. The van der Waals surface area contributed by atoms with Gasteiger partial charge in [0.05, 0.1) is 17.8 Å². The maximum atomic E-state index is 12.1. The van der Waals surface area contributed by atoms with Crippen molar-refractivity contribution in [3.63, 3.8) is 0 Å². The zero-order valence-electron chi connectivity index (χ0n) is 14.3. The highest BCUT2D eigenvalue weighted by atomic mass is 32.1. The first-order valence-corrected chi connectivity index (χ1v) is 8.95. The lowest BCUT2D eigenvalue weighted by atomic mass is 10.2. The van der Waals surface area contributed by atoms with E-state index in [1.807, 2.05) is 38.1 Å². The summed E-state index contributed by atoms with van der Waals surface area (Å²) in [5.74, 6) is 0.0497. The van der Waals surface area contributed by atoms with Gasteiger partial charge in [0.25, 0.3) is 5.91 Å². The highest BCUT2D eigenvalue weighted by Crippen LogP contribution is 2.21. The number of carbonyl (C=O) groups excluding carboxylic acids is 1. The van der Waals surface area contributed by atoms with Crippen molar-refractivity contribution in [3.8, 4) is 5.75 Å². The van der Waals surface area contributed by atoms with Gasteiger partial charge in [-0.3, -0.25) is 9.59 Å². The van der Waals surface area contributed by atoms with Crippen LogP contribution in [0, 0.1) is 0 Å². The number of hydrogen-bond acceptors (Lipinski definition) is 5. The van der Waals surface area contributed by atoms with Crippen LogP contribution >= 0.6 is 11.3 Å². The Morgan fingerprint density at radius 2 is 2.00 bits per heavy atom. The van der Waals surface area contributed by atoms with E-state index in [-0.39, 0.29) is 12.3 Å². The van der Waals surface area contributed by atoms with Crippen LogP contribution in [0.25, 0.3) is 0 Å². The predicted octanol–water partition coefficient (Wildman–Crippen LogP) is 3.44. The van der Waals surface area contributed by atoms with E-state index in [2.05, 4.69) is 10.3 Å². The monoisotopic (exact) mass is 362 g/mol. The molecule has 2 aromatic rings. The average Bonchev–Trinajstić information content (AvgIpc) is 3.08. The molecule has 134 valence electrons. The normalized spacial score (nSPS) is 10.7. The Hall–Kier alpha value is -2.41. The van der Waals surface area contributed by atoms with Crippen molar-refractivity contribution in [2.45, 2.75) is 39.2 Å². The smallest absolute Gasteiger partial charge is 0.303 e. The Bertz CT molecular complexity index is 710. The average molecular weight is 362 g/mol. The van der Waals surface area contributed by atoms with Crippen molar-refractivity contribution in [1.29, 1.82) is 0 Å². The molecule has 0 aliphatic carbocycles. The minimum atomic E-state index is -0.823. The third-order valence-corrected chi connectivity index (χ3v) is 4.72. The number of ether oxygens (including phenoxy) is 1. The van der Waals surface area contributed by atoms with Gasteiger partial charge in [0.15, 0.2) is 0 Å². The van der Waals surface area contributed by atoms with Crippen LogP contribution in [0.3, 0.4) is 0 Å². The number of nitrogens with one attached hydrogen (secondary N) is 1. The second kappa shape index (κ2) is 9.17. The van der Waals surface area contributed by atoms with Gasteiger partial charge in [-0.05, 0) is 24.1 Å². The first-order valence-electron chi connectivity index (χ1n) is 8.13. The van der Waals surface area contributed by atoms with Crippen LogP contribution in [0.1, 0.15) is 52.8 Å². The van der Waals surface area contributed by atoms with Crippen LogP contribution in [-0.4, -0.2) is 28.6 Å². The fourth-order valence-corrected chi connectivity index (χ4v) is 2.88. The molecular formula is C18H22N2O4S. The van der Waals surface area contributed by atoms with Gasteiger partial charge in [-0.15, -0.1) is 11.3 Å². The van der Waals surface area contributed by atoms with Crippen molar-refractivity contribution in [2.75, 3.05) is 6.61 Å². The van der Waals surface area contributed by atoms with Crippen molar-refractivity contribution in [2.24, 2.45) is 0 Å². The highest BCUT2D eigenvalue weighted by molar-refractivity contribution is 7.13. The molecule has 0 spiro atoms. The molecule has 1 aromatic carbocycles. The number of carboxylic acids is 1. The summed E-state index contributed by atoms with van der Waals surface area (Å²) in [6, 6.07) is 7.37. The third-order valence-electron chi connectivity index (χ3n) is 3.42. The molecule has 1 heterocycles. The second-order valence-electron chi connectivity index (χ2n) is 5.89. The molecule has 0 aliphatic rings. The first-order chi connectivity index (χ1) is 12.0. The minimum Gasteiger partial charge on any atom is -0.494 e. The summed E-state index contributed by atoms with van der Waals surface area (Å²) in [6.45, 7) is 4.89. The number of carboxylic acid groups (broad SMARTS) is 1. The van der Waals surface area contributed by atoms with Crippen LogP contribution in [0.4, 0.5) is 0 Å². The summed E-state index contributed by atoms with van der Waals surface area (Å²) in [5, 5.41) is 12.4. The number of nitrogens with zero attached hydrogens (tertiary/aromatic N) is 1. The van der Waals surface area contributed by atoms with Gasteiger partial charge in [-0.2, -0.15) is 0 Å². The van der Waals surface area contributed by atoms with Gasteiger partial charge in [0.1, 0.15) is 10.6 Å². The summed E-state index contributed by atoms with van der Waals surface area (Å²) in [6.07, 6.45) is 2.18. The maximum Gasteiger partial charge on any atom is 0.303 e. The lowest BCUT2D eigenvalue weighted by Crippen LogP contribution is -2.21. The number of aromatic nitrogens is 1. The van der Waals surface area contributed by atoms with E-state index >= 15 is 0 Å². The molecule has 0 unspecified atom stereocenters. The zero-order valence-corrected chi connectivity index (χ0v) is 15.1. The topological polar surface area (TPSA) is 88.5 Å². The molecule has 25 heavy (non-hydrogen) atoms. The summed E-state index contributed by atoms with van der Waals surface area (Å²) in [4.78, 5) is 27.4. The largest absolute Gasteiger partial charge is 0.494 e. The molecule has 1 amide bonds. The van der Waals surface area contributed by atoms with Crippen molar-refractivity contribution < 1.29 is 19.4 Å². The van der Waals surface area contributed by atoms with Gasteiger partial charge in [0.2, 0.25) is 0 Å². The SMILES string of the molecule is CC(C)c1ncc(C(=O)NCc2ccc(OCCCC(=O)O)cc2)s1. The van der Waals surface area contributed by atoms with Crippen molar-refractivity contribution >= 4 is 23.2 Å². The van der Waals surface area contributed by atoms with Gasteiger partial charge in [-0.25, -0.2) is 4.98 Å². The molecule has 2 N–H and O–H groups in total. The van der Waals surface area contributed by atoms with E-state index in [9.17, 15) is 9.59 Å². The van der Waals surface area contributed by atoms with Gasteiger partial charge >= 0.3 is 5.97 Å². The first kappa shape index (κ1) is 18.9. The number of rotatable bonds is 9. The van der Waals surface area contributed by atoms with Gasteiger partial charge in [-0.1, -0.05) is 26.0 Å². The molecule has 2 rings (SSSR count). The number of aliphatic carboxylic acids is 1. The van der Waals surface area contributed by atoms with Crippen LogP contribution in [-0.2, 0) is 11.3 Å². The molecule has 0 radical (unpaired) electrons. The Balaban J connectivity index is 1.78. The van der Waals surface area contributed by atoms with Crippen LogP contribution in [0.2, 0.25) is 0 Å². The molecule has 0 saturated carbocycles. The molecule has 6 nitrogen and oxygen atoms in total. The summed E-state index contributed by atoms with van der Waals surface area (Å²) < 4.78 is 5.47. The van der Waals surface area contributed by atoms with Gasteiger partial charge in [0, 0.05) is 18.9 Å². The molecular weight excluding hydrogens is 340 g/mol. The number of amides is 1. The fraction of sp³-hybridized carbons (Fsp3) is 0.389. The molecule has 0 fully saturated rings. The van der Waals surface area contributed by atoms with Crippen molar-refractivity contribution in [1.82, 2.24) is 10.3 Å². The van der Waals surface area contributed by atoms with E-state index in [0.29, 0.717) is 36.1 Å². The number of hydrogen-bond donors (Lipinski definition) is 2. The van der Waals surface area contributed by atoms with E-state index in [0.717, 1.165) is 10.6 Å². The third kappa shape index (κ3) is 6.19. The molecule has 0 bridgehead atoms. The Labute approximate surface area is 150 Å². The van der Waals surface area contributed by atoms with Crippen molar-refractivity contribution in [3.05, 3.63) is 45.9 Å². The number of thiazole rings is 1. The Morgan fingerprint density at radius 3 is 2.60 bits per heavy atom. The van der Waals surface area contributed by atoms with E-state index < -0.39 is 5.97 Å². The lowest BCUT2D eigenvalue weighted by molar-refractivity contribution is -0.137. The number of benzene rings is 1. The standard InChI is InChI=1S/C18H22N2O4S/c1-12(2)18-20-11-15(25-18)17(23)19-10-13-5-7-14(8-6-13)24-9-3-4-16(21)22/h5-8,11-12H,3-4,9-10H2,1-2H3,(H,19,23)(H,21,22). The Kier molecular flexibility index (Phi) is 6.94. The molecule has 0 atom stereocenters. The maximum absolute atomic E-state index is 12.1. The number of carbonyl (C=O) groups is 2. The predicted molar refractivity (Wildman–Crippen MR) is 96.2 cm³/mol. The van der Waals surface area contributed by atoms with E-state index in [1.165, 1.54) is 11.3 Å². The molecule has 0 aliphatic heterocycles. The lowest BCUT2D eigenvalue weighted by Gasteiger charge is -2.07. The summed E-state index contributed by atoms with van der Waals surface area (Å²) in [5.41, 5.74) is 0.958. The van der Waals surface area contributed by atoms with E-state index in [1.54, 1.807) is 6.20 Å². The van der Waals surface area contributed by atoms with Gasteiger partial charge < -0.3 is 15.2 Å². The quantitative estimate of drug-likeness (QED) is 0.667. The Morgan fingerprint density at radius 1 is 1.28 bits per heavy atom. The molecule has 0 saturated heterocycles. The summed E-state index contributed by atoms with van der Waals surface area (Å²) >= 11 is 1.41. The minimum absolute atomic E-state index is 0.0974. The van der Waals surface area contributed by atoms with Crippen LogP contribution in [0.15, 0.2) is 30.5 Å². The highest BCUT2D eigenvalue weighted by Gasteiger charge is 2.12. The second-order valence-corrected chi connectivity index (χ2v) is 6.95. The molecule has 1 aromatic heterocycles. The van der Waals surface area contributed by atoms with E-state index in [4.69, 9.17) is 9.84 Å². The van der Waals surface area contributed by atoms with Crippen LogP contribution < -0.4 is 10.1 Å². The molecule has 7 heteroatoms. The fourth-order valence-electron chi connectivity index (χ4n) is 2.05. The van der Waals surface area contributed by atoms with Crippen LogP contribution in [0.5, 0.6) is 5.75 Å². The summed E-state index contributed by atoms with van der Waals surface area (Å²) in [7, 11) is 0.